The zero-order chi connectivity index (χ0) is 27.8. The second-order valence-corrected chi connectivity index (χ2v) is 9.30. The first kappa shape index (κ1) is 28.3. The fraction of sp³-hybridized carbons (Fsp3) is 0.333. The first-order valence-electron chi connectivity index (χ1n) is 12.8. The summed E-state index contributed by atoms with van der Waals surface area (Å²) in [7, 11) is 0. The van der Waals surface area contributed by atoms with Crippen LogP contribution in [0.3, 0.4) is 0 Å². The molecule has 0 fully saturated rings. The molecular formula is C30H29F5N2O2. The van der Waals surface area contributed by atoms with E-state index in [1.807, 2.05) is 18.2 Å². The highest BCUT2D eigenvalue weighted by Gasteiger charge is 2.29. The first-order chi connectivity index (χ1) is 18.7. The van der Waals surface area contributed by atoms with E-state index in [2.05, 4.69) is 21.6 Å². The molecule has 0 saturated heterocycles. The van der Waals surface area contributed by atoms with E-state index in [1.54, 1.807) is 24.5 Å². The second kappa shape index (κ2) is 12.9. The number of unbranched alkanes of at least 4 members (excludes halogenated alkanes) is 1. The highest BCUT2D eigenvalue weighted by Crippen LogP contribution is 2.26. The maximum Gasteiger partial charge on any atom is 0.422 e. The number of ether oxygens (including phenoxy) is 2. The molecule has 0 N–H and O–H groups in total. The van der Waals surface area contributed by atoms with Gasteiger partial charge < -0.3 is 9.47 Å². The van der Waals surface area contributed by atoms with E-state index >= 15 is 4.39 Å². The average molecular weight is 545 g/mol. The van der Waals surface area contributed by atoms with Crippen molar-refractivity contribution in [1.29, 1.82) is 0 Å². The normalized spacial score (nSPS) is 11.6. The smallest absolute Gasteiger partial charge is 0.422 e. The monoisotopic (exact) mass is 544 g/mol. The third-order valence-corrected chi connectivity index (χ3v) is 6.25. The van der Waals surface area contributed by atoms with Crippen LogP contribution in [-0.2, 0) is 25.7 Å². The largest absolute Gasteiger partial charge is 0.490 e. The Bertz CT molecular complexity index is 1390. The van der Waals surface area contributed by atoms with Crippen LogP contribution in [-0.4, -0.2) is 29.4 Å². The number of hydrogen-bond acceptors (Lipinski definition) is 4. The molecule has 0 aliphatic rings. The molecule has 4 aromatic rings. The summed E-state index contributed by atoms with van der Waals surface area (Å²) in [5.74, 6) is -0.336. The quantitative estimate of drug-likeness (QED) is 0.136. The van der Waals surface area contributed by atoms with Crippen LogP contribution >= 0.6 is 0 Å². The van der Waals surface area contributed by atoms with E-state index in [0.29, 0.717) is 60.4 Å². The fourth-order valence-electron chi connectivity index (χ4n) is 4.13. The molecule has 0 aliphatic heterocycles. The van der Waals surface area contributed by atoms with E-state index in [-0.39, 0.29) is 5.82 Å². The fourth-order valence-corrected chi connectivity index (χ4v) is 4.13. The molecule has 0 saturated carbocycles. The molecule has 1 heterocycles. The van der Waals surface area contributed by atoms with Crippen LogP contribution < -0.4 is 9.47 Å². The number of hydrogen-bond donors (Lipinski definition) is 0. The highest BCUT2D eigenvalue weighted by atomic mass is 19.4. The Morgan fingerprint density at radius 2 is 1.51 bits per heavy atom. The first-order valence-corrected chi connectivity index (χ1v) is 12.8. The molecule has 0 unspecified atom stereocenters. The van der Waals surface area contributed by atoms with Crippen LogP contribution in [0.25, 0.3) is 10.8 Å². The molecule has 4 nitrogen and oxygen atoms in total. The van der Waals surface area contributed by atoms with E-state index < -0.39 is 24.3 Å². The molecule has 0 aliphatic carbocycles. The van der Waals surface area contributed by atoms with E-state index in [9.17, 15) is 17.6 Å². The van der Waals surface area contributed by atoms with Gasteiger partial charge in [-0.05, 0) is 59.9 Å². The maximum absolute atomic E-state index is 15.2. The van der Waals surface area contributed by atoms with Crippen molar-refractivity contribution < 1.29 is 31.4 Å². The van der Waals surface area contributed by atoms with Gasteiger partial charge in [0.15, 0.2) is 23.9 Å². The van der Waals surface area contributed by atoms with Gasteiger partial charge in [-0.3, -0.25) is 0 Å². The molecule has 206 valence electrons. The third kappa shape index (κ3) is 8.12. The van der Waals surface area contributed by atoms with Gasteiger partial charge in [0, 0.05) is 11.8 Å². The topological polar surface area (TPSA) is 44.2 Å². The van der Waals surface area contributed by atoms with Gasteiger partial charge in [-0.25, -0.2) is 18.7 Å². The van der Waals surface area contributed by atoms with Crippen molar-refractivity contribution in [2.24, 2.45) is 0 Å². The summed E-state index contributed by atoms with van der Waals surface area (Å²) in [6.45, 7) is 1.17. The van der Waals surface area contributed by atoms with Crippen molar-refractivity contribution in [1.82, 2.24) is 9.97 Å². The summed E-state index contributed by atoms with van der Waals surface area (Å²) >= 11 is 0. The predicted molar refractivity (Wildman–Crippen MR) is 139 cm³/mol. The lowest BCUT2D eigenvalue weighted by atomic mass is 9.98. The van der Waals surface area contributed by atoms with Gasteiger partial charge in [0.1, 0.15) is 11.6 Å². The number of fused-ring (bicyclic) bond motifs is 1. The lowest BCUT2D eigenvalue weighted by Gasteiger charge is -2.11. The standard InChI is InChI=1S/C30H29F5N2O2/c1-2-3-14-38-24-17-36-28(37-18-24)13-7-20-5-11-25-23(15-20)10-9-22(29(25)32)8-4-21-6-12-27(26(31)16-21)39-19-30(33,34)35/h5-6,9-12,15-18H,2-4,7-8,13-14,19H2,1H3. The molecule has 0 radical (unpaired) electrons. The molecule has 0 atom stereocenters. The molecule has 0 bridgehead atoms. The van der Waals surface area contributed by atoms with Crippen LogP contribution in [0, 0.1) is 11.6 Å². The Morgan fingerprint density at radius 1 is 0.795 bits per heavy atom. The van der Waals surface area contributed by atoms with Crippen LogP contribution in [0.5, 0.6) is 11.5 Å². The molecule has 4 rings (SSSR count). The Hall–Kier alpha value is -3.75. The van der Waals surface area contributed by atoms with Gasteiger partial charge in [-0.2, -0.15) is 13.2 Å². The molecule has 39 heavy (non-hydrogen) atoms. The van der Waals surface area contributed by atoms with E-state index in [4.69, 9.17) is 4.74 Å². The van der Waals surface area contributed by atoms with Crippen LogP contribution in [0.2, 0.25) is 0 Å². The van der Waals surface area contributed by atoms with Crippen LogP contribution in [0.15, 0.2) is 60.9 Å². The summed E-state index contributed by atoms with van der Waals surface area (Å²) in [6.07, 6.45) is 2.80. The van der Waals surface area contributed by atoms with Crippen molar-refractivity contribution in [2.45, 2.75) is 51.6 Å². The van der Waals surface area contributed by atoms with Crippen molar-refractivity contribution in [3.05, 3.63) is 95.1 Å². The SMILES string of the molecule is CCCCOc1cnc(CCc2ccc3c(F)c(CCc4ccc(OCC(F)(F)F)c(F)c4)ccc3c2)nc1. The van der Waals surface area contributed by atoms with Crippen molar-refractivity contribution in [2.75, 3.05) is 13.2 Å². The number of alkyl halides is 3. The van der Waals surface area contributed by atoms with Crippen molar-refractivity contribution in [3.63, 3.8) is 0 Å². The van der Waals surface area contributed by atoms with Crippen molar-refractivity contribution in [3.8, 4) is 11.5 Å². The summed E-state index contributed by atoms with van der Waals surface area (Å²) in [5, 5.41) is 1.26. The van der Waals surface area contributed by atoms with Crippen LogP contribution in [0.1, 0.15) is 42.3 Å². The van der Waals surface area contributed by atoms with Crippen molar-refractivity contribution >= 4 is 10.8 Å². The molecule has 0 spiro atoms. The number of aromatic nitrogens is 2. The molecule has 9 heteroatoms. The number of rotatable bonds is 12. The Kier molecular flexibility index (Phi) is 9.32. The second-order valence-electron chi connectivity index (χ2n) is 9.30. The minimum atomic E-state index is -4.55. The third-order valence-electron chi connectivity index (χ3n) is 6.25. The predicted octanol–water partition coefficient (Wildman–Crippen LogP) is 7.60. The molecule has 1 aromatic heterocycles. The highest BCUT2D eigenvalue weighted by molar-refractivity contribution is 5.84. The number of benzene rings is 3. The van der Waals surface area contributed by atoms with E-state index in [0.717, 1.165) is 35.9 Å². The van der Waals surface area contributed by atoms with Crippen LogP contribution in [0.4, 0.5) is 22.0 Å². The Balaban J connectivity index is 1.35. The lowest BCUT2D eigenvalue weighted by Crippen LogP contribution is -2.19. The number of nitrogens with zero attached hydrogens (tertiary/aromatic N) is 2. The zero-order valence-corrected chi connectivity index (χ0v) is 21.5. The molecular weight excluding hydrogens is 515 g/mol. The summed E-state index contributed by atoms with van der Waals surface area (Å²) < 4.78 is 76.3. The lowest BCUT2D eigenvalue weighted by molar-refractivity contribution is -0.153. The van der Waals surface area contributed by atoms with Gasteiger partial charge in [0.2, 0.25) is 0 Å². The van der Waals surface area contributed by atoms with Gasteiger partial charge in [-0.15, -0.1) is 0 Å². The minimum absolute atomic E-state index is 0.307. The number of halogens is 5. The van der Waals surface area contributed by atoms with Gasteiger partial charge >= 0.3 is 6.18 Å². The van der Waals surface area contributed by atoms with Gasteiger partial charge in [-0.1, -0.05) is 49.7 Å². The Morgan fingerprint density at radius 3 is 2.23 bits per heavy atom. The minimum Gasteiger partial charge on any atom is -0.490 e. The maximum atomic E-state index is 15.2. The van der Waals surface area contributed by atoms with E-state index in [1.165, 1.54) is 6.07 Å². The molecule has 3 aromatic carbocycles. The summed E-state index contributed by atoms with van der Waals surface area (Å²) in [4.78, 5) is 8.73. The summed E-state index contributed by atoms with van der Waals surface area (Å²) in [6, 6.07) is 12.9. The summed E-state index contributed by atoms with van der Waals surface area (Å²) in [5.41, 5.74) is 2.04. The van der Waals surface area contributed by atoms with Gasteiger partial charge in [0.05, 0.1) is 19.0 Å². The number of aryl methyl sites for hydroxylation is 4. The van der Waals surface area contributed by atoms with Gasteiger partial charge in [0.25, 0.3) is 0 Å². The molecule has 0 amide bonds. The Labute approximate surface area is 223 Å². The average Bonchev–Trinajstić information content (AvgIpc) is 2.91. The zero-order valence-electron chi connectivity index (χ0n) is 21.5.